The Morgan fingerprint density at radius 2 is 1.79 bits per heavy atom. The van der Waals surface area contributed by atoms with E-state index < -0.39 is 0 Å². The van der Waals surface area contributed by atoms with E-state index in [1.165, 1.54) is 12.8 Å². The third-order valence-corrected chi connectivity index (χ3v) is 5.57. The number of ether oxygens (including phenoxy) is 1. The molecule has 3 rings (SSSR count). The van der Waals surface area contributed by atoms with E-state index in [1.54, 1.807) is 7.11 Å². The second kappa shape index (κ2) is 9.63. The SMILES string of the molecule is COc1cccc(-n2c(C)cc(C(=O)NCCC(=O)N3CCCCCC3)c2C)c1. The van der Waals surface area contributed by atoms with Crippen LogP contribution in [0.1, 0.15) is 53.8 Å². The lowest BCUT2D eigenvalue weighted by Crippen LogP contribution is -2.35. The van der Waals surface area contributed by atoms with Crippen LogP contribution in [0.25, 0.3) is 5.69 Å². The number of rotatable bonds is 6. The van der Waals surface area contributed by atoms with Crippen molar-refractivity contribution < 1.29 is 14.3 Å². The summed E-state index contributed by atoms with van der Waals surface area (Å²) >= 11 is 0. The van der Waals surface area contributed by atoms with Crippen molar-refractivity contribution in [2.24, 2.45) is 0 Å². The van der Waals surface area contributed by atoms with Gasteiger partial charge in [-0.15, -0.1) is 0 Å². The number of hydrogen-bond acceptors (Lipinski definition) is 3. The summed E-state index contributed by atoms with van der Waals surface area (Å²) in [6.07, 6.45) is 4.90. The molecule has 0 unspecified atom stereocenters. The van der Waals surface area contributed by atoms with E-state index in [1.807, 2.05) is 53.6 Å². The normalized spacial score (nSPS) is 14.4. The quantitative estimate of drug-likeness (QED) is 0.810. The van der Waals surface area contributed by atoms with Crippen LogP contribution >= 0.6 is 0 Å². The highest BCUT2D eigenvalue weighted by Crippen LogP contribution is 2.23. The van der Waals surface area contributed by atoms with Crippen LogP contribution < -0.4 is 10.1 Å². The maximum Gasteiger partial charge on any atom is 0.253 e. The van der Waals surface area contributed by atoms with Crippen molar-refractivity contribution in [1.29, 1.82) is 0 Å². The summed E-state index contributed by atoms with van der Waals surface area (Å²) in [6.45, 7) is 5.95. The number of aromatic nitrogens is 1. The molecular weight excluding hydrogens is 366 g/mol. The molecule has 2 amide bonds. The average Bonchev–Trinajstić information content (AvgIpc) is 2.90. The van der Waals surface area contributed by atoms with Crippen LogP contribution in [0.15, 0.2) is 30.3 Å². The highest BCUT2D eigenvalue weighted by molar-refractivity contribution is 5.96. The van der Waals surface area contributed by atoms with Gasteiger partial charge in [0.15, 0.2) is 0 Å². The zero-order valence-electron chi connectivity index (χ0n) is 17.7. The first-order valence-electron chi connectivity index (χ1n) is 10.4. The van der Waals surface area contributed by atoms with Crippen LogP contribution in [-0.2, 0) is 4.79 Å². The molecule has 6 nitrogen and oxygen atoms in total. The number of aryl methyl sites for hydroxylation is 1. The van der Waals surface area contributed by atoms with E-state index in [9.17, 15) is 9.59 Å². The average molecular weight is 398 g/mol. The van der Waals surface area contributed by atoms with Crippen LogP contribution in [-0.4, -0.2) is 48.0 Å². The summed E-state index contributed by atoms with van der Waals surface area (Å²) in [5.41, 5.74) is 3.43. The minimum atomic E-state index is -0.143. The van der Waals surface area contributed by atoms with Crippen molar-refractivity contribution in [3.63, 3.8) is 0 Å². The molecule has 1 N–H and O–H groups in total. The van der Waals surface area contributed by atoms with Crippen LogP contribution in [0.2, 0.25) is 0 Å². The minimum Gasteiger partial charge on any atom is -0.497 e. The molecule has 156 valence electrons. The first-order chi connectivity index (χ1) is 14.0. The van der Waals surface area contributed by atoms with E-state index in [4.69, 9.17) is 4.74 Å². The molecule has 2 heterocycles. The molecule has 0 aliphatic carbocycles. The van der Waals surface area contributed by atoms with Crippen molar-refractivity contribution in [2.75, 3.05) is 26.7 Å². The fraction of sp³-hybridized carbons (Fsp3) is 0.478. The summed E-state index contributed by atoms with van der Waals surface area (Å²) in [4.78, 5) is 27.1. The molecule has 1 saturated heterocycles. The molecule has 0 saturated carbocycles. The predicted octanol–water partition coefficient (Wildman–Crippen LogP) is 3.63. The van der Waals surface area contributed by atoms with Gasteiger partial charge in [-0.2, -0.15) is 0 Å². The van der Waals surface area contributed by atoms with Gasteiger partial charge in [-0.05, 0) is 44.9 Å². The number of carbonyl (C=O) groups is 2. The number of nitrogens with zero attached hydrogens (tertiary/aromatic N) is 2. The molecule has 0 spiro atoms. The summed E-state index contributed by atoms with van der Waals surface area (Å²) in [5, 5.41) is 2.92. The Morgan fingerprint density at radius 1 is 1.07 bits per heavy atom. The molecule has 0 atom stereocenters. The Kier molecular flexibility index (Phi) is 6.96. The van der Waals surface area contributed by atoms with E-state index in [0.29, 0.717) is 18.5 Å². The zero-order valence-corrected chi connectivity index (χ0v) is 17.7. The van der Waals surface area contributed by atoms with Crippen molar-refractivity contribution in [1.82, 2.24) is 14.8 Å². The van der Waals surface area contributed by atoms with Gasteiger partial charge in [0, 0.05) is 49.2 Å². The summed E-state index contributed by atoms with van der Waals surface area (Å²) in [5.74, 6) is 0.762. The lowest BCUT2D eigenvalue weighted by atomic mass is 10.2. The molecule has 6 heteroatoms. The van der Waals surface area contributed by atoms with Gasteiger partial charge in [0.1, 0.15) is 5.75 Å². The Balaban J connectivity index is 1.63. The molecule has 1 aromatic carbocycles. The Labute approximate surface area is 172 Å². The third kappa shape index (κ3) is 5.00. The van der Waals surface area contributed by atoms with Gasteiger partial charge in [-0.1, -0.05) is 18.9 Å². The number of methoxy groups -OCH3 is 1. The number of hydrogen-bond donors (Lipinski definition) is 1. The molecule has 29 heavy (non-hydrogen) atoms. The monoisotopic (exact) mass is 397 g/mol. The van der Waals surface area contributed by atoms with Crippen LogP contribution in [0.3, 0.4) is 0 Å². The molecule has 1 aromatic heterocycles. The zero-order chi connectivity index (χ0) is 20.8. The van der Waals surface area contributed by atoms with Crippen molar-refractivity contribution in [3.05, 3.63) is 47.3 Å². The Hall–Kier alpha value is -2.76. The van der Waals surface area contributed by atoms with E-state index in [-0.39, 0.29) is 11.8 Å². The van der Waals surface area contributed by atoms with Gasteiger partial charge in [0.2, 0.25) is 5.91 Å². The molecule has 0 bridgehead atoms. The first kappa shape index (κ1) is 21.0. The molecule has 2 aromatic rings. The van der Waals surface area contributed by atoms with Crippen LogP contribution in [0.5, 0.6) is 5.75 Å². The maximum absolute atomic E-state index is 12.7. The number of likely N-dealkylation sites (tertiary alicyclic amines) is 1. The van der Waals surface area contributed by atoms with Gasteiger partial charge < -0.3 is 19.5 Å². The number of benzene rings is 1. The number of nitrogens with one attached hydrogen (secondary N) is 1. The van der Waals surface area contributed by atoms with E-state index >= 15 is 0 Å². The number of amides is 2. The largest absolute Gasteiger partial charge is 0.497 e. The summed E-state index contributed by atoms with van der Waals surface area (Å²) < 4.78 is 7.36. The standard InChI is InChI=1S/C23H31N3O3/c1-17-15-21(18(2)26(17)19-9-8-10-20(16-19)29-3)23(28)24-12-11-22(27)25-13-6-4-5-7-14-25/h8-10,15-16H,4-7,11-14H2,1-3H3,(H,24,28). The highest BCUT2D eigenvalue weighted by atomic mass is 16.5. The van der Waals surface area contributed by atoms with Crippen molar-refractivity contribution in [3.8, 4) is 11.4 Å². The molecule has 0 radical (unpaired) electrons. The van der Waals surface area contributed by atoms with E-state index in [0.717, 1.165) is 48.8 Å². The van der Waals surface area contributed by atoms with E-state index in [2.05, 4.69) is 5.32 Å². The van der Waals surface area contributed by atoms with Gasteiger partial charge in [0.25, 0.3) is 5.91 Å². The van der Waals surface area contributed by atoms with Crippen molar-refractivity contribution >= 4 is 11.8 Å². The fourth-order valence-corrected chi connectivity index (χ4v) is 4.00. The van der Waals surface area contributed by atoms with Gasteiger partial charge in [-0.25, -0.2) is 0 Å². The molecule has 1 aliphatic heterocycles. The summed E-state index contributed by atoms with van der Waals surface area (Å²) in [6, 6.07) is 9.65. The first-order valence-corrected chi connectivity index (χ1v) is 10.4. The predicted molar refractivity (Wildman–Crippen MR) is 114 cm³/mol. The van der Waals surface area contributed by atoms with Gasteiger partial charge >= 0.3 is 0 Å². The third-order valence-electron chi connectivity index (χ3n) is 5.57. The maximum atomic E-state index is 12.7. The Morgan fingerprint density at radius 3 is 2.48 bits per heavy atom. The lowest BCUT2D eigenvalue weighted by molar-refractivity contribution is -0.131. The molecule has 1 aliphatic rings. The lowest BCUT2D eigenvalue weighted by Gasteiger charge is -2.20. The minimum absolute atomic E-state index is 0.133. The smallest absolute Gasteiger partial charge is 0.253 e. The van der Waals surface area contributed by atoms with Gasteiger partial charge in [-0.3, -0.25) is 9.59 Å². The molecular formula is C23H31N3O3. The summed E-state index contributed by atoms with van der Waals surface area (Å²) in [7, 11) is 1.64. The van der Waals surface area contributed by atoms with Crippen LogP contribution in [0, 0.1) is 13.8 Å². The number of carbonyl (C=O) groups excluding carboxylic acids is 2. The van der Waals surface area contributed by atoms with Gasteiger partial charge in [0.05, 0.1) is 12.7 Å². The Bertz CT molecular complexity index is 864. The molecule has 1 fully saturated rings. The van der Waals surface area contributed by atoms with Crippen LogP contribution in [0.4, 0.5) is 0 Å². The second-order valence-corrected chi connectivity index (χ2v) is 7.62. The second-order valence-electron chi connectivity index (χ2n) is 7.62. The fourth-order valence-electron chi connectivity index (χ4n) is 4.00. The van der Waals surface area contributed by atoms with Crippen molar-refractivity contribution in [2.45, 2.75) is 46.0 Å². The topological polar surface area (TPSA) is 63.6 Å². The highest BCUT2D eigenvalue weighted by Gasteiger charge is 2.18.